The van der Waals surface area contributed by atoms with Gasteiger partial charge in [-0.1, -0.05) is 18.2 Å². The van der Waals surface area contributed by atoms with E-state index in [9.17, 15) is 18.3 Å². The van der Waals surface area contributed by atoms with Crippen molar-refractivity contribution in [3.05, 3.63) is 29.8 Å². The highest BCUT2D eigenvalue weighted by molar-refractivity contribution is 5.33. The molecule has 0 radical (unpaired) electrons. The van der Waals surface area contributed by atoms with Crippen LogP contribution < -0.4 is 4.74 Å². The van der Waals surface area contributed by atoms with Crippen LogP contribution in [0.4, 0.5) is 13.2 Å². The molecular weight excluding hydrogens is 325 g/mol. The summed E-state index contributed by atoms with van der Waals surface area (Å²) in [7, 11) is 1.76. The molecule has 8 heteroatoms. The minimum Gasteiger partial charge on any atom is -0.405 e. The Balaban J connectivity index is 1.86. The van der Waals surface area contributed by atoms with E-state index in [-0.39, 0.29) is 12.3 Å². The van der Waals surface area contributed by atoms with E-state index in [1.807, 2.05) is 0 Å². The van der Waals surface area contributed by atoms with Crippen molar-refractivity contribution >= 4 is 0 Å². The van der Waals surface area contributed by atoms with Gasteiger partial charge in [0.2, 0.25) is 0 Å². The van der Waals surface area contributed by atoms with Crippen molar-refractivity contribution in [2.75, 3.05) is 46.4 Å². The van der Waals surface area contributed by atoms with Crippen molar-refractivity contribution in [3.8, 4) is 5.75 Å². The molecule has 1 aliphatic heterocycles. The summed E-state index contributed by atoms with van der Waals surface area (Å²) in [5.41, 5.74) is 0.427. The number of aliphatic hydroxyl groups excluding tert-OH is 1. The second-order valence-electron chi connectivity index (χ2n) is 5.92. The number of nitrogens with zero attached hydrogens (tertiary/aromatic N) is 2. The van der Waals surface area contributed by atoms with Gasteiger partial charge in [0.1, 0.15) is 5.75 Å². The molecule has 0 saturated carbocycles. The second-order valence-corrected chi connectivity index (χ2v) is 5.92. The lowest BCUT2D eigenvalue weighted by atomic mass is 10.2. The molecule has 136 valence electrons. The predicted octanol–water partition coefficient (Wildman–Crippen LogP) is 1.71. The zero-order valence-electron chi connectivity index (χ0n) is 13.6. The molecule has 24 heavy (non-hydrogen) atoms. The fourth-order valence-corrected chi connectivity index (χ4v) is 2.71. The van der Waals surface area contributed by atoms with E-state index < -0.39 is 12.5 Å². The summed E-state index contributed by atoms with van der Waals surface area (Å²) >= 11 is 0. The van der Waals surface area contributed by atoms with Crippen LogP contribution >= 0.6 is 0 Å². The first kappa shape index (κ1) is 19.0. The second kappa shape index (κ2) is 8.66. The highest BCUT2D eigenvalue weighted by atomic mass is 19.4. The van der Waals surface area contributed by atoms with Crippen molar-refractivity contribution in [3.63, 3.8) is 0 Å². The SMILES string of the molecule is CN(Cc1ccccc1OC(F)(F)F)CC(O)CN1CCOCC1. The number of ether oxygens (including phenoxy) is 2. The molecule has 1 aromatic carbocycles. The van der Waals surface area contributed by atoms with Crippen molar-refractivity contribution in [2.24, 2.45) is 0 Å². The summed E-state index contributed by atoms with van der Waals surface area (Å²) in [5, 5.41) is 10.2. The van der Waals surface area contributed by atoms with Gasteiger partial charge in [-0.3, -0.25) is 9.80 Å². The monoisotopic (exact) mass is 348 g/mol. The van der Waals surface area contributed by atoms with E-state index in [1.54, 1.807) is 24.1 Å². The Morgan fingerprint density at radius 2 is 1.96 bits per heavy atom. The van der Waals surface area contributed by atoms with Crippen LogP contribution in [-0.4, -0.2) is 73.8 Å². The average Bonchev–Trinajstić information content (AvgIpc) is 2.48. The van der Waals surface area contributed by atoms with Gasteiger partial charge in [-0.25, -0.2) is 0 Å². The van der Waals surface area contributed by atoms with E-state index in [4.69, 9.17) is 4.74 Å². The number of alkyl halides is 3. The number of morpholine rings is 1. The maximum atomic E-state index is 12.4. The largest absolute Gasteiger partial charge is 0.573 e. The third kappa shape index (κ3) is 6.64. The molecule has 5 nitrogen and oxygen atoms in total. The van der Waals surface area contributed by atoms with Crippen molar-refractivity contribution in [2.45, 2.75) is 19.0 Å². The van der Waals surface area contributed by atoms with Gasteiger partial charge in [0, 0.05) is 38.3 Å². The summed E-state index contributed by atoms with van der Waals surface area (Å²) in [4.78, 5) is 3.90. The molecule has 1 unspecified atom stereocenters. The quantitative estimate of drug-likeness (QED) is 0.813. The Hall–Kier alpha value is -1.35. The third-order valence-corrected chi connectivity index (χ3v) is 3.73. The third-order valence-electron chi connectivity index (χ3n) is 3.73. The van der Waals surface area contributed by atoms with E-state index in [0.29, 0.717) is 31.9 Å². The molecule has 0 bridgehead atoms. The Bertz CT molecular complexity index is 508. The van der Waals surface area contributed by atoms with Crippen LogP contribution in [0.1, 0.15) is 5.56 Å². The highest BCUT2D eigenvalue weighted by Crippen LogP contribution is 2.26. The van der Waals surface area contributed by atoms with Gasteiger partial charge in [0.15, 0.2) is 0 Å². The van der Waals surface area contributed by atoms with Crippen LogP contribution in [0.3, 0.4) is 0 Å². The van der Waals surface area contributed by atoms with Crippen molar-refractivity contribution in [1.29, 1.82) is 0 Å². The molecule has 0 aliphatic carbocycles. The van der Waals surface area contributed by atoms with Gasteiger partial charge in [-0.2, -0.15) is 0 Å². The molecule has 1 atom stereocenters. The maximum Gasteiger partial charge on any atom is 0.573 e. The maximum absolute atomic E-state index is 12.4. The van der Waals surface area contributed by atoms with E-state index in [2.05, 4.69) is 9.64 Å². The zero-order valence-corrected chi connectivity index (χ0v) is 13.6. The van der Waals surface area contributed by atoms with Gasteiger partial charge in [-0.15, -0.1) is 13.2 Å². The van der Waals surface area contributed by atoms with Crippen LogP contribution in [0.2, 0.25) is 0 Å². The minimum atomic E-state index is -4.72. The van der Waals surface area contributed by atoms with Crippen molar-refractivity contribution < 1.29 is 27.8 Å². The summed E-state index contributed by atoms with van der Waals surface area (Å²) in [5.74, 6) is -0.209. The number of halogens is 3. The number of β-amino-alcohol motifs (C(OH)–C–C–N with tert-alkyl or cyclic N) is 1. The lowest BCUT2D eigenvalue weighted by Crippen LogP contribution is -2.44. The number of aliphatic hydroxyl groups is 1. The number of benzene rings is 1. The van der Waals surface area contributed by atoms with E-state index in [0.717, 1.165) is 13.1 Å². The number of likely N-dealkylation sites (N-methyl/N-ethyl adjacent to an activating group) is 1. The van der Waals surface area contributed by atoms with Gasteiger partial charge in [-0.05, 0) is 13.1 Å². The Labute approximate surface area is 139 Å². The minimum absolute atomic E-state index is 0.209. The van der Waals surface area contributed by atoms with Gasteiger partial charge in [0.05, 0.1) is 19.3 Å². The van der Waals surface area contributed by atoms with Crippen LogP contribution in [0.15, 0.2) is 24.3 Å². The normalized spacial score (nSPS) is 17.9. The lowest BCUT2D eigenvalue weighted by Gasteiger charge is -2.30. The summed E-state index contributed by atoms with van der Waals surface area (Å²) < 4.78 is 46.6. The fourth-order valence-electron chi connectivity index (χ4n) is 2.71. The topological polar surface area (TPSA) is 45.2 Å². The highest BCUT2D eigenvalue weighted by Gasteiger charge is 2.32. The van der Waals surface area contributed by atoms with Crippen LogP contribution in [0.5, 0.6) is 5.75 Å². The smallest absolute Gasteiger partial charge is 0.405 e. The first-order valence-corrected chi connectivity index (χ1v) is 7.84. The Morgan fingerprint density at radius 3 is 2.62 bits per heavy atom. The first-order chi connectivity index (χ1) is 11.3. The molecule has 0 spiro atoms. The van der Waals surface area contributed by atoms with Gasteiger partial charge >= 0.3 is 6.36 Å². The Morgan fingerprint density at radius 1 is 1.29 bits per heavy atom. The zero-order chi connectivity index (χ0) is 17.6. The molecule has 1 fully saturated rings. The number of rotatable bonds is 7. The van der Waals surface area contributed by atoms with Crippen LogP contribution in [0.25, 0.3) is 0 Å². The fraction of sp³-hybridized carbons (Fsp3) is 0.625. The molecule has 0 aromatic heterocycles. The molecule has 0 amide bonds. The van der Waals surface area contributed by atoms with E-state index in [1.165, 1.54) is 12.1 Å². The van der Waals surface area contributed by atoms with Gasteiger partial charge < -0.3 is 14.6 Å². The van der Waals surface area contributed by atoms with Crippen LogP contribution in [0, 0.1) is 0 Å². The molecule has 1 heterocycles. The standard InChI is InChI=1S/C16H23F3N2O3/c1-20(11-14(22)12-21-6-8-23-9-7-21)10-13-4-2-3-5-15(13)24-16(17,18)19/h2-5,14,22H,6-12H2,1H3. The number of hydrogen-bond acceptors (Lipinski definition) is 5. The summed E-state index contributed by atoms with van der Waals surface area (Å²) in [6.45, 7) is 4.01. The van der Waals surface area contributed by atoms with E-state index >= 15 is 0 Å². The predicted molar refractivity (Wildman–Crippen MR) is 82.7 cm³/mol. The summed E-state index contributed by atoms with van der Waals surface area (Å²) in [6.07, 6.45) is -5.30. The molecule has 1 N–H and O–H groups in total. The Kier molecular flexibility index (Phi) is 6.85. The number of hydrogen-bond donors (Lipinski definition) is 1. The molecule has 1 saturated heterocycles. The first-order valence-electron chi connectivity index (χ1n) is 7.84. The molecular formula is C16H23F3N2O3. The van der Waals surface area contributed by atoms with Gasteiger partial charge in [0.25, 0.3) is 0 Å². The molecule has 1 aliphatic rings. The van der Waals surface area contributed by atoms with Crippen LogP contribution in [-0.2, 0) is 11.3 Å². The summed E-state index contributed by atoms with van der Waals surface area (Å²) in [6, 6.07) is 6.04. The number of para-hydroxylation sites is 1. The molecule has 1 aromatic rings. The average molecular weight is 348 g/mol. The van der Waals surface area contributed by atoms with Crippen molar-refractivity contribution in [1.82, 2.24) is 9.80 Å². The lowest BCUT2D eigenvalue weighted by molar-refractivity contribution is -0.275. The molecule has 2 rings (SSSR count).